The highest BCUT2D eigenvalue weighted by Crippen LogP contribution is 2.19. The molecule has 2 aliphatic heterocycles. The van der Waals surface area contributed by atoms with Crippen LogP contribution in [0.25, 0.3) is 0 Å². The van der Waals surface area contributed by atoms with Crippen molar-refractivity contribution in [3.8, 4) is 0 Å². The summed E-state index contributed by atoms with van der Waals surface area (Å²) >= 11 is 0. The SMILES string of the molecule is CC1CCCN(Cc2ccc(C(=O)N3CCCC3)cc2)C1. The lowest BCUT2D eigenvalue weighted by molar-refractivity contribution is 0.0793. The first-order valence-electron chi connectivity index (χ1n) is 8.33. The Morgan fingerprint density at radius 3 is 2.48 bits per heavy atom. The number of benzene rings is 1. The first-order chi connectivity index (χ1) is 10.2. The highest BCUT2D eigenvalue weighted by molar-refractivity contribution is 5.94. The van der Waals surface area contributed by atoms with Crippen LogP contribution in [0.2, 0.25) is 0 Å². The molecule has 2 aliphatic rings. The van der Waals surface area contributed by atoms with Gasteiger partial charge in [-0.2, -0.15) is 0 Å². The maximum absolute atomic E-state index is 12.3. The molecule has 1 atom stereocenters. The topological polar surface area (TPSA) is 23.6 Å². The first-order valence-corrected chi connectivity index (χ1v) is 8.33. The summed E-state index contributed by atoms with van der Waals surface area (Å²) in [5, 5.41) is 0. The van der Waals surface area contributed by atoms with Crippen LogP contribution in [0.1, 0.15) is 48.5 Å². The Bertz CT molecular complexity index is 476. The standard InChI is InChI=1S/C18H26N2O/c1-15-5-4-10-19(13-15)14-16-6-8-17(9-7-16)18(21)20-11-2-3-12-20/h6-9,15H,2-5,10-14H2,1H3. The second-order valence-electron chi connectivity index (χ2n) is 6.68. The molecule has 1 aromatic rings. The molecule has 0 aromatic heterocycles. The van der Waals surface area contributed by atoms with Gasteiger partial charge in [0.1, 0.15) is 0 Å². The van der Waals surface area contributed by atoms with Crippen LogP contribution >= 0.6 is 0 Å². The van der Waals surface area contributed by atoms with Gasteiger partial charge in [0.25, 0.3) is 5.91 Å². The van der Waals surface area contributed by atoms with Crippen LogP contribution in [-0.4, -0.2) is 41.9 Å². The lowest BCUT2D eigenvalue weighted by Gasteiger charge is -2.30. The Kier molecular flexibility index (Phi) is 4.59. The fraction of sp³-hybridized carbons (Fsp3) is 0.611. The molecule has 2 saturated heterocycles. The lowest BCUT2D eigenvalue weighted by atomic mass is 9.99. The van der Waals surface area contributed by atoms with Crippen molar-refractivity contribution in [2.45, 2.75) is 39.2 Å². The quantitative estimate of drug-likeness (QED) is 0.852. The molecule has 3 heteroatoms. The highest BCUT2D eigenvalue weighted by Gasteiger charge is 2.20. The Morgan fingerprint density at radius 1 is 1.10 bits per heavy atom. The number of amides is 1. The Labute approximate surface area is 127 Å². The molecule has 3 nitrogen and oxygen atoms in total. The van der Waals surface area contributed by atoms with Crippen LogP contribution in [0.15, 0.2) is 24.3 Å². The van der Waals surface area contributed by atoms with Gasteiger partial charge in [0, 0.05) is 31.7 Å². The van der Waals surface area contributed by atoms with Gasteiger partial charge in [-0.1, -0.05) is 19.1 Å². The smallest absolute Gasteiger partial charge is 0.253 e. The molecule has 2 heterocycles. The van der Waals surface area contributed by atoms with Crippen molar-refractivity contribution in [2.24, 2.45) is 5.92 Å². The zero-order chi connectivity index (χ0) is 14.7. The van der Waals surface area contributed by atoms with E-state index in [0.717, 1.165) is 44.0 Å². The summed E-state index contributed by atoms with van der Waals surface area (Å²) in [7, 11) is 0. The fourth-order valence-electron chi connectivity index (χ4n) is 3.54. The zero-order valence-corrected chi connectivity index (χ0v) is 13.1. The summed E-state index contributed by atoms with van der Waals surface area (Å²) < 4.78 is 0. The van der Waals surface area contributed by atoms with Crippen LogP contribution in [0.3, 0.4) is 0 Å². The van der Waals surface area contributed by atoms with E-state index < -0.39 is 0 Å². The number of rotatable bonds is 3. The molecule has 1 amide bonds. The number of hydrogen-bond acceptors (Lipinski definition) is 2. The maximum atomic E-state index is 12.3. The average molecular weight is 286 g/mol. The van der Waals surface area contributed by atoms with Crippen molar-refractivity contribution in [3.63, 3.8) is 0 Å². The number of carbonyl (C=O) groups excluding carboxylic acids is 1. The highest BCUT2D eigenvalue weighted by atomic mass is 16.2. The van der Waals surface area contributed by atoms with Crippen molar-refractivity contribution in [1.82, 2.24) is 9.80 Å². The minimum Gasteiger partial charge on any atom is -0.339 e. The molecule has 0 aliphatic carbocycles. The third-order valence-electron chi connectivity index (χ3n) is 4.74. The molecule has 0 radical (unpaired) electrons. The van der Waals surface area contributed by atoms with Crippen molar-refractivity contribution < 1.29 is 4.79 Å². The molecule has 1 aromatic carbocycles. The maximum Gasteiger partial charge on any atom is 0.253 e. The Morgan fingerprint density at radius 2 is 1.81 bits per heavy atom. The normalized spacial score (nSPS) is 23.5. The van der Waals surface area contributed by atoms with Gasteiger partial charge in [0.2, 0.25) is 0 Å². The summed E-state index contributed by atoms with van der Waals surface area (Å²) in [6.45, 7) is 7.61. The molecule has 1 unspecified atom stereocenters. The van der Waals surface area contributed by atoms with E-state index in [1.807, 2.05) is 17.0 Å². The molecule has 0 N–H and O–H groups in total. The summed E-state index contributed by atoms with van der Waals surface area (Å²) in [4.78, 5) is 16.8. The van der Waals surface area contributed by atoms with Gasteiger partial charge in [-0.25, -0.2) is 0 Å². The molecule has 114 valence electrons. The van der Waals surface area contributed by atoms with Gasteiger partial charge in [-0.15, -0.1) is 0 Å². The summed E-state index contributed by atoms with van der Waals surface area (Å²) in [5.41, 5.74) is 2.16. The van der Waals surface area contributed by atoms with Crippen molar-refractivity contribution in [2.75, 3.05) is 26.2 Å². The van der Waals surface area contributed by atoms with Crippen LogP contribution in [0.5, 0.6) is 0 Å². The number of hydrogen-bond donors (Lipinski definition) is 0. The number of nitrogens with zero attached hydrogens (tertiary/aromatic N) is 2. The third kappa shape index (κ3) is 3.65. The van der Waals surface area contributed by atoms with Crippen molar-refractivity contribution in [1.29, 1.82) is 0 Å². The van der Waals surface area contributed by atoms with Gasteiger partial charge < -0.3 is 4.90 Å². The van der Waals surface area contributed by atoms with E-state index in [9.17, 15) is 4.79 Å². The van der Waals surface area contributed by atoms with Crippen LogP contribution in [-0.2, 0) is 6.54 Å². The number of likely N-dealkylation sites (tertiary alicyclic amines) is 2. The number of piperidine rings is 1. The van der Waals surface area contributed by atoms with Gasteiger partial charge in [-0.3, -0.25) is 9.69 Å². The van der Waals surface area contributed by atoms with E-state index in [1.165, 1.54) is 31.5 Å². The average Bonchev–Trinajstić information content (AvgIpc) is 3.01. The van der Waals surface area contributed by atoms with Gasteiger partial charge in [0.05, 0.1) is 0 Å². The minimum atomic E-state index is 0.200. The summed E-state index contributed by atoms with van der Waals surface area (Å²) in [6.07, 6.45) is 4.97. The van der Waals surface area contributed by atoms with Crippen LogP contribution in [0, 0.1) is 5.92 Å². The Balaban J connectivity index is 1.59. The van der Waals surface area contributed by atoms with Gasteiger partial charge in [-0.05, 0) is 55.8 Å². The predicted octanol–water partition coefficient (Wildman–Crippen LogP) is 3.15. The van der Waals surface area contributed by atoms with E-state index >= 15 is 0 Å². The Hall–Kier alpha value is -1.35. The van der Waals surface area contributed by atoms with Crippen LogP contribution < -0.4 is 0 Å². The molecule has 3 rings (SSSR count). The van der Waals surface area contributed by atoms with Gasteiger partial charge >= 0.3 is 0 Å². The van der Waals surface area contributed by atoms with E-state index in [-0.39, 0.29) is 5.91 Å². The second-order valence-corrected chi connectivity index (χ2v) is 6.68. The molecule has 21 heavy (non-hydrogen) atoms. The van der Waals surface area contributed by atoms with E-state index in [2.05, 4.69) is 24.0 Å². The molecular weight excluding hydrogens is 260 g/mol. The van der Waals surface area contributed by atoms with Crippen molar-refractivity contribution >= 4 is 5.91 Å². The zero-order valence-electron chi connectivity index (χ0n) is 13.1. The summed E-state index contributed by atoms with van der Waals surface area (Å²) in [5.74, 6) is 1.01. The van der Waals surface area contributed by atoms with E-state index in [4.69, 9.17) is 0 Å². The molecule has 0 bridgehead atoms. The molecule has 2 fully saturated rings. The minimum absolute atomic E-state index is 0.200. The van der Waals surface area contributed by atoms with Crippen LogP contribution in [0.4, 0.5) is 0 Å². The third-order valence-corrected chi connectivity index (χ3v) is 4.74. The molecular formula is C18H26N2O. The fourth-order valence-corrected chi connectivity index (χ4v) is 3.54. The van der Waals surface area contributed by atoms with E-state index in [0.29, 0.717) is 0 Å². The van der Waals surface area contributed by atoms with E-state index in [1.54, 1.807) is 0 Å². The molecule has 0 spiro atoms. The summed E-state index contributed by atoms with van der Waals surface area (Å²) in [6, 6.07) is 8.26. The second kappa shape index (κ2) is 6.61. The lowest BCUT2D eigenvalue weighted by Crippen LogP contribution is -2.33. The molecule has 0 saturated carbocycles. The van der Waals surface area contributed by atoms with Crippen molar-refractivity contribution in [3.05, 3.63) is 35.4 Å². The monoisotopic (exact) mass is 286 g/mol. The first kappa shape index (κ1) is 14.6. The van der Waals surface area contributed by atoms with Gasteiger partial charge in [0.15, 0.2) is 0 Å². The predicted molar refractivity (Wildman–Crippen MR) is 85.3 cm³/mol. The largest absolute Gasteiger partial charge is 0.339 e. The number of carbonyl (C=O) groups is 1.